The molecular formula is C21H26N6O. The van der Waals surface area contributed by atoms with Gasteiger partial charge in [-0.2, -0.15) is 9.61 Å². The monoisotopic (exact) mass is 378 g/mol. The number of nitrogens with zero attached hydrogens (tertiary/aromatic N) is 6. The first-order valence-corrected chi connectivity index (χ1v) is 10.2. The van der Waals surface area contributed by atoms with Crippen LogP contribution in [0, 0.1) is 24.2 Å². The van der Waals surface area contributed by atoms with E-state index < -0.39 is 0 Å². The summed E-state index contributed by atoms with van der Waals surface area (Å²) in [5.41, 5.74) is 3.64. The molecule has 0 aromatic carbocycles. The molecule has 0 bridgehead atoms. The number of terminal acetylenes is 1. The number of likely N-dealkylation sites (tertiary alicyclic amines) is 1. The van der Waals surface area contributed by atoms with Crippen LogP contribution in [0.3, 0.4) is 0 Å². The molecule has 3 aliphatic rings. The van der Waals surface area contributed by atoms with Crippen molar-refractivity contribution >= 4 is 17.4 Å². The molecule has 146 valence electrons. The van der Waals surface area contributed by atoms with E-state index in [1.165, 1.54) is 11.1 Å². The molecule has 0 spiro atoms. The van der Waals surface area contributed by atoms with Crippen molar-refractivity contribution in [2.24, 2.45) is 11.8 Å². The van der Waals surface area contributed by atoms with Crippen molar-refractivity contribution in [1.82, 2.24) is 24.4 Å². The second kappa shape index (κ2) is 6.78. The molecule has 1 amide bonds. The maximum absolute atomic E-state index is 12.8. The van der Waals surface area contributed by atoms with Crippen molar-refractivity contribution < 1.29 is 4.79 Å². The minimum atomic E-state index is 0.0582. The number of hydrogen-bond donors (Lipinski definition) is 0. The number of carbonyl (C=O) groups is 1. The second-order valence-corrected chi connectivity index (χ2v) is 8.30. The average molecular weight is 378 g/mol. The Hall–Kier alpha value is -2.59. The van der Waals surface area contributed by atoms with Gasteiger partial charge >= 0.3 is 0 Å². The average Bonchev–Trinajstić information content (AvgIpc) is 3.21. The molecule has 0 saturated carbocycles. The molecule has 28 heavy (non-hydrogen) atoms. The highest BCUT2D eigenvalue weighted by Crippen LogP contribution is 2.36. The lowest BCUT2D eigenvalue weighted by atomic mass is 9.97. The van der Waals surface area contributed by atoms with Crippen LogP contribution in [0.2, 0.25) is 0 Å². The molecule has 3 aliphatic heterocycles. The van der Waals surface area contributed by atoms with Gasteiger partial charge in [-0.05, 0) is 26.3 Å². The van der Waals surface area contributed by atoms with Crippen LogP contribution in [-0.4, -0.2) is 76.6 Å². The molecule has 1 atom stereocenters. The number of likely N-dealkylation sites (N-methyl/N-ethyl adjacent to an activating group) is 1. The van der Waals surface area contributed by atoms with E-state index in [1.54, 1.807) is 12.4 Å². The normalized spacial score (nSPS) is 23.4. The van der Waals surface area contributed by atoms with E-state index in [1.807, 2.05) is 9.42 Å². The number of rotatable bonds is 2. The number of anilines is 1. The standard InChI is InChI=1S/C21H26N6O/c1-3-15-4-11-25(12-15)21(28)16-13-26(14-16)20-18-6-10-24(2)9-5-17(18)19-22-7-8-23-27(19)20/h1,7-8,15-16H,4-6,9-14H2,2H3. The van der Waals surface area contributed by atoms with Crippen molar-refractivity contribution in [1.29, 1.82) is 0 Å². The lowest BCUT2D eigenvalue weighted by Gasteiger charge is -2.41. The molecule has 0 N–H and O–H groups in total. The van der Waals surface area contributed by atoms with Crippen LogP contribution in [0.5, 0.6) is 0 Å². The van der Waals surface area contributed by atoms with Crippen molar-refractivity contribution in [2.75, 3.05) is 51.2 Å². The van der Waals surface area contributed by atoms with Gasteiger partial charge < -0.3 is 14.7 Å². The Kier molecular flexibility index (Phi) is 4.24. The van der Waals surface area contributed by atoms with E-state index in [-0.39, 0.29) is 17.7 Å². The third-order valence-electron chi connectivity index (χ3n) is 6.50. The molecule has 7 nitrogen and oxygen atoms in total. The zero-order valence-corrected chi connectivity index (χ0v) is 16.3. The summed E-state index contributed by atoms with van der Waals surface area (Å²) < 4.78 is 1.99. The highest BCUT2D eigenvalue weighted by atomic mass is 16.2. The van der Waals surface area contributed by atoms with Crippen LogP contribution in [0.4, 0.5) is 5.82 Å². The summed E-state index contributed by atoms with van der Waals surface area (Å²) in [5, 5.41) is 4.59. The quantitative estimate of drug-likeness (QED) is 0.720. The van der Waals surface area contributed by atoms with E-state index in [0.29, 0.717) is 6.54 Å². The number of carbonyl (C=O) groups excluding carboxylic acids is 1. The van der Waals surface area contributed by atoms with Crippen LogP contribution in [0.25, 0.3) is 5.65 Å². The van der Waals surface area contributed by atoms with Gasteiger partial charge in [0.25, 0.3) is 0 Å². The summed E-state index contributed by atoms with van der Waals surface area (Å²) in [4.78, 5) is 24.1. The minimum Gasteiger partial charge on any atom is -0.355 e. The molecule has 2 aromatic rings. The van der Waals surface area contributed by atoms with Crippen LogP contribution in [0.1, 0.15) is 17.5 Å². The van der Waals surface area contributed by atoms with Gasteiger partial charge in [0.05, 0.1) is 12.1 Å². The fourth-order valence-corrected chi connectivity index (χ4v) is 4.80. The van der Waals surface area contributed by atoms with Gasteiger partial charge in [-0.15, -0.1) is 12.3 Å². The highest BCUT2D eigenvalue weighted by molar-refractivity contribution is 5.83. The first-order valence-electron chi connectivity index (χ1n) is 10.2. The summed E-state index contributed by atoms with van der Waals surface area (Å²) in [7, 11) is 2.17. The Bertz CT molecular complexity index is 954. The molecule has 0 radical (unpaired) electrons. The lowest BCUT2D eigenvalue weighted by molar-refractivity contribution is -0.135. The van der Waals surface area contributed by atoms with Crippen molar-refractivity contribution in [3.05, 3.63) is 23.5 Å². The smallest absolute Gasteiger partial charge is 0.229 e. The SMILES string of the molecule is C#CC1CCN(C(=O)C2CN(c3c4c(c5nccnn35)CCN(C)CC4)C2)C1. The Labute approximate surface area is 165 Å². The third kappa shape index (κ3) is 2.75. The zero-order valence-electron chi connectivity index (χ0n) is 16.3. The Morgan fingerprint density at radius 1 is 1.14 bits per heavy atom. The van der Waals surface area contributed by atoms with E-state index in [9.17, 15) is 4.79 Å². The summed E-state index contributed by atoms with van der Waals surface area (Å²) in [6, 6.07) is 0. The van der Waals surface area contributed by atoms with Crippen LogP contribution in [0.15, 0.2) is 12.4 Å². The number of amides is 1. The molecule has 2 fully saturated rings. The number of hydrogen-bond acceptors (Lipinski definition) is 5. The van der Waals surface area contributed by atoms with Crippen molar-refractivity contribution in [3.8, 4) is 12.3 Å². The Morgan fingerprint density at radius 3 is 2.68 bits per heavy atom. The summed E-state index contributed by atoms with van der Waals surface area (Å²) >= 11 is 0. The largest absolute Gasteiger partial charge is 0.355 e. The van der Waals surface area contributed by atoms with Crippen molar-refractivity contribution in [3.63, 3.8) is 0 Å². The highest BCUT2D eigenvalue weighted by Gasteiger charge is 2.40. The van der Waals surface area contributed by atoms with Crippen LogP contribution >= 0.6 is 0 Å². The molecular weight excluding hydrogens is 352 g/mol. The van der Waals surface area contributed by atoms with Gasteiger partial charge in [-0.25, -0.2) is 4.98 Å². The molecule has 7 heteroatoms. The van der Waals surface area contributed by atoms with E-state index >= 15 is 0 Å². The summed E-state index contributed by atoms with van der Waals surface area (Å²) in [5.74, 6) is 4.47. The Balaban J connectivity index is 1.38. The maximum Gasteiger partial charge on any atom is 0.229 e. The second-order valence-electron chi connectivity index (χ2n) is 8.30. The number of aromatic nitrogens is 3. The minimum absolute atomic E-state index is 0.0582. The van der Waals surface area contributed by atoms with E-state index in [0.717, 1.165) is 63.5 Å². The first-order chi connectivity index (χ1) is 13.7. The summed E-state index contributed by atoms with van der Waals surface area (Å²) in [6.45, 7) is 5.09. The van der Waals surface area contributed by atoms with Gasteiger partial charge in [0.2, 0.25) is 5.91 Å². The zero-order chi connectivity index (χ0) is 19.3. The molecule has 0 aliphatic carbocycles. The topological polar surface area (TPSA) is 57.0 Å². The van der Waals surface area contributed by atoms with E-state index in [2.05, 4.69) is 32.9 Å². The van der Waals surface area contributed by atoms with Gasteiger partial charge in [0.15, 0.2) is 5.65 Å². The van der Waals surface area contributed by atoms with E-state index in [4.69, 9.17) is 6.42 Å². The fraction of sp³-hybridized carbons (Fsp3) is 0.571. The lowest BCUT2D eigenvalue weighted by Crippen LogP contribution is -2.55. The van der Waals surface area contributed by atoms with Gasteiger partial charge in [0.1, 0.15) is 5.82 Å². The molecule has 2 saturated heterocycles. The fourth-order valence-electron chi connectivity index (χ4n) is 4.80. The van der Waals surface area contributed by atoms with Gasteiger partial charge in [0, 0.05) is 62.5 Å². The molecule has 5 heterocycles. The predicted octanol–water partition coefficient (Wildman–Crippen LogP) is 0.678. The first kappa shape index (κ1) is 17.5. The van der Waals surface area contributed by atoms with Crippen LogP contribution in [-0.2, 0) is 17.6 Å². The third-order valence-corrected chi connectivity index (χ3v) is 6.50. The molecule has 2 aromatic heterocycles. The van der Waals surface area contributed by atoms with Crippen LogP contribution < -0.4 is 4.90 Å². The molecule has 1 unspecified atom stereocenters. The predicted molar refractivity (Wildman–Crippen MR) is 107 cm³/mol. The van der Waals surface area contributed by atoms with Crippen molar-refractivity contribution in [2.45, 2.75) is 19.3 Å². The van der Waals surface area contributed by atoms with Gasteiger partial charge in [-0.1, -0.05) is 0 Å². The maximum atomic E-state index is 12.8. The summed E-state index contributed by atoms with van der Waals surface area (Å²) in [6.07, 6.45) is 12.0. The van der Waals surface area contributed by atoms with Gasteiger partial charge in [-0.3, -0.25) is 4.79 Å². The Morgan fingerprint density at radius 2 is 1.93 bits per heavy atom. The molecule has 5 rings (SSSR count). The number of fused-ring (bicyclic) bond motifs is 3.